The molecule has 0 aliphatic heterocycles. The smallest absolute Gasteiger partial charge is 0.305 e. The average Bonchev–Trinajstić information content (AvgIpc) is 3.33. The number of carbonyl (C=O) groups excluding carboxylic acids is 2. The number of ether oxygens (including phenoxy) is 1. The topological polar surface area (TPSA) is 109 Å². The highest BCUT2D eigenvalue weighted by molar-refractivity contribution is 5.93. The second-order valence-corrected chi connectivity index (χ2v) is 8.35. The lowest BCUT2D eigenvalue weighted by Gasteiger charge is -2.15. The maximum atomic E-state index is 12.2. The van der Waals surface area contributed by atoms with Gasteiger partial charge in [-0.3, -0.25) is 9.59 Å². The van der Waals surface area contributed by atoms with E-state index in [1.807, 2.05) is 48.5 Å². The molecule has 180 valence electrons. The Hall–Kier alpha value is -4.20. The molecule has 8 heteroatoms. The molecule has 0 radical (unpaired) electrons. The van der Waals surface area contributed by atoms with Crippen LogP contribution >= 0.6 is 0 Å². The number of anilines is 2. The van der Waals surface area contributed by atoms with E-state index in [9.17, 15) is 9.59 Å². The first-order valence-electron chi connectivity index (χ1n) is 11.7. The molecular weight excluding hydrogens is 442 g/mol. The van der Waals surface area contributed by atoms with E-state index in [-0.39, 0.29) is 17.9 Å². The Morgan fingerprint density at radius 2 is 1.74 bits per heavy atom. The van der Waals surface area contributed by atoms with E-state index in [1.54, 1.807) is 6.33 Å². The van der Waals surface area contributed by atoms with Gasteiger partial charge in [0.2, 0.25) is 5.91 Å². The summed E-state index contributed by atoms with van der Waals surface area (Å²) < 4.78 is 4.61. The van der Waals surface area contributed by atoms with Crippen LogP contribution in [0.5, 0.6) is 0 Å². The predicted octanol–water partition coefficient (Wildman–Crippen LogP) is 5.47. The summed E-state index contributed by atoms with van der Waals surface area (Å²) in [6.07, 6.45) is 3.50. The number of nitrogens with zero attached hydrogens (tertiary/aromatic N) is 2. The molecule has 0 saturated carbocycles. The maximum absolute atomic E-state index is 12.2. The number of unbranched alkanes of at least 4 members (excludes halogenated alkanes) is 1. The van der Waals surface area contributed by atoms with Gasteiger partial charge in [-0.2, -0.15) is 0 Å². The third kappa shape index (κ3) is 6.23. The number of amides is 1. The highest BCUT2D eigenvalue weighted by Gasteiger charge is 2.13. The monoisotopic (exact) mass is 471 g/mol. The Bertz CT molecular complexity index is 1290. The van der Waals surface area contributed by atoms with Crippen molar-refractivity contribution < 1.29 is 14.3 Å². The molecule has 0 bridgehead atoms. The highest BCUT2D eigenvalue weighted by Crippen LogP contribution is 2.29. The molecule has 2 aromatic carbocycles. The Morgan fingerprint density at radius 3 is 2.49 bits per heavy atom. The summed E-state index contributed by atoms with van der Waals surface area (Å²) in [4.78, 5) is 35.5. The molecule has 2 heterocycles. The van der Waals surface area contributed by atoms with Crippen LogP contribution in [-0.4, -0.2) is 33.9 Å². The van der Waals surface area contributed by atoms with Gasteiger partial charge in [0, 0.05) is 30.3 Å². The van der Waals surface area contributed by atoms with Gasteiger partial charge in [-0.1, -0.05) is 42.5 Å². The van der Waals surface area contributed by atoms with E-state index in [2.05, 4.69) is 49.4 Å². The standard InChI is InChI=1S/C27H29N5O3/c1-18(19-8-4-3-5-9-19)30-26-22-16-23(32-27(22)29-17-28-26)20-12-14-21(15-13-20)31-24(33)10-6-7-11-25(34)35-2/h3-5,8-9,12-18H,6-7,10-11H2,1-2H3,(H,31,33)(H2,28,29,30,32). The minimum absolute atomic E-state index is 0.0771. The van der Waals surface area contributed by atoms with Gasteiger partial charge < -0.3 is 20.4 Å². The molecule has 1 unspecified atom stereocenters. The molecule has 8 nitrogen and oxygen atoms in total. The van der Waals surface area contributed by atoms with Crippen molar-refractivity contribution in [2.45, 2.75) is 38.6 Å². The fourth-order valence-electron chi connectivity index (χ4n) is 3.85. The van der Waals surface area contributed by atoms with Crippen molar-refractivity contribution in [1.29, 1.82) is 0 Å². The van der Waals surface area contributed by atoms with Gasteiger partial charge in [0.25, 0.3) is 0 Å². The van der Waals surface area contributed by atoms with Crippen LogP contribution in [0, 0.1) is 0 Å². The largest absolute Gasteiger partial charge is 0.469 e. The number of carbonyl (C=O) groups is 2. The number of hydrogen-bond acceptors (Lipinski definition) is 6. The van der Waals surface area contributed by atoms with Crippen LogP contribution in [0.2, 0.25) is 0 Å². The zero-order valence-electron chi connectivity index (χ0n) is 19.9. The molecule has 1 amide bonds. The normalized spacial score (nSPS) is 11.7. The van der Waals surface area contributed by atoms with Gasteiger partial charge in [-0.05, 0) is 49.1 Å². The Labute approximate surface area is 204 Å². The van der Waals surface area contributed by atoms with Gasteiger partial charge in [-0.15, -0.1) is 0 Å². The fraction of sp³-hybridized carbons (Fsp3) is 0.259. The molecule has 2 aromatic heterocycles. The van der Waals surface area contributed by atoms with Crippen LogP contribution in [0.4, 0.5) is 11.5 Å². The SMILES string of the molecule is COC(=O)CCCCC(=O)Nc1ccc(-c2cc3c(NC(C)c4ccccc4)ncnc3[nH]2)cc1. The highest BCUT2D eigenvalue weighted by atomic mass is 16.5. The van der Waals surface area contributed by atoms with Crippen LogP contribution in [0.3, 0.4) is 0 Å². The van der Waals surface area contributed by atoms with Gasteiger partial charge in [0.05, 0.1) is 12.5 Å². The molecule has 0 aliphatic rings. The number of nitrogens with one attached hydrogen (secondary N) is 3. The van der Waals surface area contributed by atoms with E-state index >= 15 is 0 Å². The fourth-order valence-corrected chi connectivity index (χ4v) is 3.85. The Balaban J connectivity index is 1.40. The van der Waals surface area contributed by atoms with Gasteiger partial charge in [0.15, 0.2) is 0 Å². The third-order valence-corrected chi connectivity index (χ3v) is 5.82. The van der Waals surface area contributed by atoms with E-state index in [0.717, 1.165) is 33.8 Å². The zero-order valence-corrected chi connectivity index (χ0v) is 19.9. The molecule has 4 aromatic rings. The van der Waals surface area contributed by atoms with Crippen molar-refractivity contribution in [2.75, 3.05) is 17.7 Å². The van der Waals surface area contributed by atoms with Crippen molar-refractivity contribution in [3.8, 4) is 11.3 Å². The number of aromatic nitrogens is 3. The van der Waals surface area contributed by atoms with Gasteiger partial charge >= 0.3 is 5.97 Å². The molecule has 4 rings (SSSR count). The average molecular weight is 472 g/mol. The molecule has 0 fully saturated rings. The van der Waals surface area contributed by atoms with Crippen LogP contribution in [0.15, 0.2) is 67.0 Å². The number of fused-ring (bicyclic) bond motifs is 1. The van der Waals surface area contributed by atoms with E-state index in [1.165, 1.54) is 12.7 Å². The van der Waals surface area contributed by atoms with E-state index in [4.69, 9.17) is 0 Å². The number of benzene rings is 2. The lowest BCUT2D eigenvalue weighted by atomic mass is 10.1. The molecule has 0 aliphatic carbocycles. The molecule has 0 spiro atoms. The first-order valence-corrected chi connectivity index (χ1v) is 11.7. The van der Waals surface area contributed by atoms with E-state index < -0.39 is 0 Å². The first kappa shape index (κ1) is 23.9. The Morgan fingerprint density at radius 1 is 1.00 bits per heavy atom. The minimum atomic E-state index is -0.252. The summed E-state index contributed by atoms with van der Waals surface area (Å²) in [5.41, 5.74) is 4.54. The van der Waals surface area contributed by atoms with Crippen LogP contribution in [0.25, 0.3) is 22.3 Å². The van der Waals surface area contributed by atoms with Gasteiger partial charge in [-0.25, -0.2) is 9.97 Å². The second kappa shape index (κ2) is 11.3. The lowest BCUT2D eigenvalue weighted by Crippen LogP contribution is -2.11. The number of rotatable bonds is 10. The second-order valence-electron chi connectivity index (χ2n) is 8.35. The summed E-state index contributed by atoms with van der Waals surface area (Å²) in [6, 6.07) is 20.0. The van der Waals surface area contributed by atoms with Crippen LogP contribution in [0.1, 0.15) is 44.2 Å². The quantitative estimate of drug-likeness (QED) is 0.209. The lowest BCUT2D eigenvalue weighted by molar-refractivity contribution is -0.140. The molecule has 0 saturated heterocycles. The third-order valence-electron chi connectivity index (χ3n) is 5.82. The predicted molar refractivity (Wildman–Crippen MR) is 137 cm³/mol. The Kier molecular flexibility index (Phi) is 7.72. The number of H-pyrrole nitrogens is 1. The summed E-state index contributed by atoms with van der Waals surface area (Å²) >= 11 is 0. The van der Waals surface area contributed by atoms with Crippen LogP contribution < -0.4 is 10.6 Å². The van der Waals surface area contributed by atoms with E-state index in [0.29, 0.717) is 25.7 Å². The summed E-state index contributed by atoms with van der Waals surface area (Å²) in [5.74, 6) is 0.439. The molecule has 1 atom stereocenters. The summed E-state index contributed by atoms with van der Waals surface area (Å²) in [6.45, 7) is 2.10. The van der Waals surface area contributed by atoms with Gasteiger partial charge in [0.1, 0.15) is 17.8 Å². The van der Waals surface area contributed by atoms with Crippen molar-refractivity contribution in [3.63, 3.8) is 0 Å². The molecule has 3 N–H and O–H groups in total. The zero-order chi connectivity index (χ0) is 24.6. The molecule has 35 heavy (non-hydrogen) atoms. The van der Waals surface area contributed by atoms with Crippen molar-refractivity contribution >= 4 is 34.4 Å². The number of aromatic amines is 1. The number of hydrogen-bond donors (Lipinski definition) is 3. The van der Waals surface area contributed by atoms with Crippen molar-refractivity contribution in [1.82, 2.24) is 15.0 Å². The minimum Gasteiger partial charge on any atom is -0.469 e. The van der Waals surface area contributed by atoms with Crippen LogP contribution in [-0.2, 0) is 14.3 Å². The van der Waals surface area contributed by atoms with Crippen molar-refractivity contribution in [3.05, 3.63) is 72.6 Å². The number of methoxy groups -OCH3 is 1. The van der Waals surface area contributed by atoms with Crippen molar-refractivity contribution in [2.24, 2.45) is 0 Å². The summed E-state index contributed by atoms with van der Waals surface area (Å²) in [7, 11) is 1.37. The maximum Gasteiger partial charge on any atom is 0.305 e. The molecular formula is C27H29N5O3. The first-order chi connectivity index (χ1) is 17.0. The number of esters is 1. The summed E-state index contributed by atoms with van der Waals surface area (Å²) in [5, 5.41) is 7.29.